The van der Waals surface area contributed by atoms with Crippen LogP contribution in [0.15, 0.2) is 28.7 Å². The van der Waals surface area contributed by atoms with E-state index < -0.39 is 0 Å². The van der Waals surface area contributed by atoms with E-state index in [4.69, 9.17) is 10.5 Å². The van der Waals surface area contributed by atoms with Crippen molar-refractivity contribution < 1.29 is 4.74 Å². The fourth-order valence-corrected chi connectivity index (χ4v) is 2.92. The first-order valence-electron chi connectivity index (χ1n) is 7.17. The third-order valence-corrected chi connectivity index (χ3v) is 4.34. The first kappa shape index (κ1) is 16.3. The van der Waals surface area contributed by atoms with Gasteiger partial charge in [-0.1, -0.05) is 6.07 Å². The molecule has 5 nitrogen and oxygen atoms in total. The van der Waals surface area contributed by atoms with Crippen LogP contribution in [-0.4, -0.2) is 24.6 Å². The van der Waals surface area contributed by atoms with Gasteiger partial charge in [-0.2, -0.15) is 0 Å². The standard InChI is InChI=1S/C16H22N4OS/c1-11-9-19-14(12(2)15(11)21-3)10-20-16(17)18-7-6-13-5-4-8-22-13/h4-5,8-9H,6-7,10H2,1-3H3,(H3,17,18,20). The first-order valence-corrected chi connectivity index (χ1v) is 8.05. The lowest BCUT2D eigenvalue weighted by Crippen LogP contribution is -2.33. The van der Waals surface area contributed by atoms with Crippen molar-refractivity contribution in [2.24, 2.45) is 10.7 Å². The molecule has 0 unspecified atom stereocenters. The summed E-state index contributed by atoms with van der Waals surface area (Å²) >= 11 is 1.75. The number of ether oxygens (including phenoxy) is 1. The molecule has 0 saturated heterocycles. The van der Waals surface area contributed by atoms with Gasteiger partial charge in [0, 0.05) is 28.7 Å². The summed E-state index contributed by atoms with van der Waals surface area (Å²) in [6, 6.07) is 4.17. The highest BCUT2D eigenvalue weighted by Gasteiger charge is 2.08. The minimum absolute atomic E-state index is 0.442. The molecule has 6 heteroatoms. The number of hydrogen-bond acceptors (Lipinski definition) is 4. The Morgan fingerprint density at radius 2 is 2.27 bits per heavy atom. The van der Waals surface area contributed by atoms with Gasteiger partial charge in [0.05, 0.1) is 19.3 Å². The molecule has 0 amide bonds. The highest BCUT2D eigenvalue weighted by Crippen LogP contribution is 2.24. The lowest BCUT2D eigenvalue weighted by molar-refractivity contribution is 0.407. The Kier molecular flexibility index (Phi) is 5.77. The average Bonchev–Trinajstić information content (AvgIpc) is 3.00. The topological polar surface area (TPSA) is 72.5 Å². The van der Waals surface area contributed by atoms with Crippen LogP contribution in [0.4, 0.5) is 0 Å². The zero-order valence-corrected chi connectivity index (χ0v) is 14.0. The van der Waals surface area contributed by atoms with Gasteiger partial charge in [-0.15, -0.1) is 11.3 Å². The maximum absolute atomic E-state index is 5.89. The van der Waals surface area contributed by atoms with Crippen molar-refractivity contribution in [3.8, 4) is 5.75 Å². The van der Waals surface area contributed by atoms with Gasteiger partial charge >= 0.3 is 0 Å². The summed E-state index contributed by atoms with van der Waals surface area (Å²) in [6.45, 7) is 5.19. The molecule has 3 N–H and O–H groups in total. The summed E-state index contributed by atoms with van der Waals surface area (Å²) in [6.07, 6.45) is 2.75. The quantitative estimate of drug-likeness (QED) is 0.634. The fraction of sp³-hybridized carbons (Fsp3) is 0.375. The molecule has 0 aliphatic rings. The van der Waals surface area contributed by atoms with Crippen LogP contribution in [0.2, 0.25) is 0 Å². The molecule has 0 saturated carbocycles. The largest absolute Gasteiger partial charge is 0.496 e. The van der Waals surface area contributed by atoms with Gasteiger partial charge in [-0.05, 0) is 31.7 Å². The summed E-state index contributed by atoms with van der Waals surface area (Å²) in [5.74, 6) is 1.31. The molecule has 0 atom stereocenters. The van der Waals surface area contributed by atoms with Gasteiger partial charge in [0.1, 0.15) is 5.75 Å². The van der Waals surface area contributed by atoms with E-state index in [9.17, 15) is 0 Å². The van der Waals surface area contributed by atoms with Crippen LogP contribution in [-0.2, 0) is 13.0 Å². The second kappa shape index (κ2) is 7.79. The molecule has 0 radical (unpaired) electrons. The van der Waals surface area contributed by atoms with E-state index >= 15 is 0 Å². The number of aromatic nitrogens is 1. The zero-order valence-electron chi connectivity index (χ0n) is 13.2. The number of hydrogen-bond donors (Lipinski definition) is 2. The second-order valence-electron chi connectivity index (χ2n) is 5.00. The number of nitrogens with zero attached hydrogens (tertiary/aromatic N) is 2. The number of rotatable bonds is 6. The van der Waals surface area contributed by atoms with Crippen LogP contribution in [0.25, 0.3) is 0 Å². The number of aryl methyl sites for hydroxylation is 1. The van der Waals surface area contributed by atoms with Crippen molar-refractivity contribution in [2.75, 3.05) is 13.7 Å². The Labute approximate surface area is 135 Å². The molecule has 0 fully saturated rings. The van der Waals surface area contributed by atoms with Crippen molar-refractivity contribution in [3.05, 3.63) is 45.4 Å². The molecular formula is C16H22N4OS. The van der Waals surface area contributed by atoms with E-state index in [1.54, 1.807) is 24.6 Å². The van der Waals surface area contributed by atoms with E-state index in [1.807, 2.05) is 13.8 Å². The number of nitrogens with one attached hydrogen (secondary N) is 1. The molecule has 0 aliphatic heterocycles. The molecule has 2 aromatic heterocycles. The molecule has 118 valence electrons. The molecule has 0 aromatic carbocycles. The van der Waals surface area contributed by atoms with Crippen LogP contribution in [0.1, 0.15) is 21.7 Å². The maximum atomic E-state index is 5.89. The lowest BCUT2D eigenvalue weighted by atomic mass is 10.1. The van der Waals surface area contributed by atoms with Crippen LogP contribution in [0.3, 0.4) is 0 Å². The number of pyridine rings is 1. The second-order valence-corrected chi connectivity index (χ2v) is 6.04. The molecule has 2 rings (SSSR count). The van der Waals surface area contributed by atoms with Crippen molar-refractivity contribution in [3.63, 3.8) is 0 Å². The van der Waals surface area contributed by atoms with Crippen molar-refractivity contribution in [1.82, 2.24) is 10.3 Å². The molecule has 2 heterocycles. The Hall–Kier alpha value is -2.08. The van der Waals surface area contributed by atoms with Gasteiger partial charge in [0.25, 0.3) is 0 Å². The SMILES string of the molecule is COc1c(C)cnc(CN=C(N)NCCc2cccs2)c1C. The van der Waals surface area contributed by atoms with Crippen molar-refractivity contribution >= 4 is 17.3 Å². The number of methoxy groups -OCH3 is 1. The molecule has 0 spiro atoms. The predicted molar refractivity (Wildman–Crippen MR) is 91.6 cm³/mol. The Balaban J connectivity index is 1.90. The fourth-order valence-electron chi connectivity index (χ4n) is 2.22. The number of guanidine groups is 1. The van der Waals surface area contributed by atoms with Gasteiger partial charge in [0.15, 0.2) is 5.96 Å². The Morgan fingerprint density at radius 1 is 1.45 bits per heavy atom. The Morgan fingerprint density at radius 3 is 2.95 bits per heavy atom. The molecule has 2 aromatic rings. The number of thiophene rings is 1. The van der Waals surface area contributed by atoms with Gasteiger partial charge < -0.3 is 15.8 Å². The average molecular weight is 318 g/mol. The Bertz CT molecular complexity index is 638. The molecule has 22 heavy (non-hydrogen) atoms. The molecular weight excluding hydrogens is 296 g/mol. The van der Waals surface area contributed by atoms with Crippen LogP contribution in [0, 0.1) is 13.8 Å². The van der Waals surface area contributed by atoms with Crippen molar-refractivity contribution in [2.45, 2.75) is 26.8 Å². The summed E-state index contributed by atoms with van der Waals surface area (Å²) in [5, 5.41) is 5.20. The summed E-state index contributed by atoms with van der Waals surface area (Å²) in [7, 11) is 1.67. The monoisotopic (exact) mass is 318 g/mol. The van der Waals surface area contributed by atoms with Gasteiger partial charge in [-0.25, -0.2) is 4.99 Å². The molecule has 0 bridgehead atoms. The van der Waals surface area contributed by atoms with E-state index in [-0.39, 0.29) is 0 Å². The summed E-state index contributed by atoms with van der Waals surface area (Å²) in [5.41, 5.74) is 8.81. The van der Waals surface area contributed by atoms with Gasteiger partial charge in [-0.3, -0.25) is 4.98 Å². The minimum atomic E-state index is 0.442. The van der Waals surface area contributed by atoms with E-state index in [0.29, 0.717) is 12.5 Å². The highest BCUT2D eigenvalue weighted by atomic mass is 32.1. The van der Waals surface area contributed by atoms with Crippen LogP contribution in [0.5, 0.6) is 5.75 Å². The molecule has 0 aliphatic carbocycles. The highest BCUT2D eigenvalue weighted by molar-refractivity contribution is 7.09. The van der Waals surface area contributed by atoms with Crippen LogP contribution >= 0.6 is 11.3 Å². The third kappa shape index (κ3) is 4.21. The van der Waals surface area contributed by atoms with Crippen LogP contribution < -0.4 is 15.8 Å². The van der Waals surface area contributed by atoms with E-state index in [0.717, 1.165) is 35.5 Å². The predicted octanol–water partition coefficient (Wildman–Crippen LogP) is 2.42. The normalized spacial score (nSPS) is 11.5. The van der Waals surface area contributed by atoms with E-state index in [2.05, 4.69) is 32.8 Å². The smallest absolute Gasteiger partial charge is 0.188 e. The maximum Gasteiger partial charge on any atom is 0.188 e. The summed E-state index contributed by atoms with van der Waals surface area (Å²) < 4.78 is 5.40. The minimum Gasteiger partial charge on any atom is -0.496 e. The number of aliphatic imine (C=N–C) groups is 1. The first-order chi connectivity index (χ1) is 10.6. The summed E-state index contributed by atoms with van der Waals surface area (Å²) in [4.78, 5) is 10.1. The lowest BCUT2D eigenvalue weighted by Gasteiger charge is -2.11. The third-order valence-electron chi connectivity index (χ3n) is 3.41. The van der Waals surface area contributed by atoms with Crippen molar-refractivity contribution in [1.29, 1.82) is 0 Å². The van der Waals surface area contributed by atoms with Gasteiger partial charge in [0.2, 0.25) is 0 Å². The number of nitrogens with two attached hydrogens (primary N) is 1. The zero-order chi connectivity index (χ0) is 15.9. The van der Waals surface area contributed by atoms with E-state index in [1.165, 1.54) is 4.88 Å².